The van der Waals surface area contributed by atoms with Gasteiger partial charge in [0.05, 0.1) is 26.3 Å². The third kappa shape index (κ3) is 6.50. The molecule has 18 heavy (non-hydrogen) atoms. The first-order valence-corrected chi connectivity index (χ1v) is 7.04. The van der Waals surface area contributed by atoms with Crippen molar-refractivity contribution < 1.29 is 14.8 Å². The van der Waals surface area contributed by atoms with Gasteiger partial charge in [0.2, 0.25) is 0 Å². The summed E-state index contributed by atoms with van der Waals surface area (Å²) >= 11 is 0. The Bertz CT molecular complexity index is 315. The van der Waals surface area contributed by atoms with Crippen molar-refractivity contribution in [2.24, 2.45) is 0 Å². The summed E-state index contributed by atoms with van der Waals surface area (Å²) in [5, 5.41) is 2.36. The van der Waals surface area contributed by atoms with E-state index in [1.165, 1.54) is 19.4 Å². The molecule has 0 saturated heterocycles. The monoisotopic (exact) mass is 252 g/mol. The van der Waals surface area contributed by atoms with Crippen molar-refractivity contribution in [3.63, 3.8) is 0 Å². The molecule has 1 aromatic carbocycles. The summed E-state index contributed by atoms with van der Waals surface area (Å²) < 4.78 is 11.1. The van der Waals surface area contributed by atoms with Crippen LogP contribution in [-0.4, -0.2) is 26.3 Å². The molecule has 0 radical (unpaired) electrons. The van der Waals surface area contributed by atoms with Crippen LogP contribution in [-0.2, 0) is 0 Å². The van der Waals surface area contributed by atoms with Gasteiger partial charge in [-0.15, -0.1) is 0 Å². The zero-order valence-electron chi connectivity index (χ0n) is 11.7. The summed E-state index contributed by atoms with van der Waals surface area (Å²) in [5.41, 5.74) is 0. The Morgan fingerprint density at radius 1 is 1.00 bits per heavy atom. The zero-order valence-corrected chi connectivity index (χ0v) is 11.7. The average molecular weight is 252 g/mol. The predicted octanol–water partition coefficient (Wildman–Crippen LogP) is 2.22. The summed E-state index contributed by atoms with van der Waals surface area (Å²) in [5.74, 6) is 1.78. The van der Waals surface area contributed by atoms with E-state index >= 15 is 0 Å². The molecule has 2 N–H and O–H groups in total. The second-order valence-corrected chi connectivity index (χ2v) is 4.33. The van der Waals surface area contributed by atoms with Crippen LogP contribution in [0.2, 0.25) is 0 Å². The molecule has 0 heterocycles. The van der Waals surface area contributed by atoms with E-state index in [2.05, 4.69) is 12.2 Å². The maximum atomic E-state index is 5.70. The molecule has 0 amide bonds. The lowest BCUT2D eigenvalue weighted by atomic mass is 10.3. The molecule has 3 heteroatoms. The molecule has 0 aliphatic rings. The first-order valence-electron chi connectivity index (χ1n) is 7.04. The minimum absolute atomic E-state index is 0.690. The maximum absolute atomic E-state index is 5.70. The number of nitrogens with two attached hydrogens (primary N) is 1. The third-order valence-corrected chi connectivity index (χ3v) is 2.70. The number of benzene rings is 1. The van der Waals surface area contributed by atoms with E-state index in [9.17, 15) is 0 Å². The van der Waals surface area contributed by atoms with Crippen molar-refractivity contribution in [1.82, 2.24) is 0 Å². The molecule has 0 spiro atoms. The van der Waals surface area contributed by atoms with E-state index in [0.29, 0.717) is 6.61 Å². The van der Waals surface area contributed by atoms with E-state index in [4.69, 9.17) is 9.47 Å². The van der Waals surface area contributed by atoms with E-state index in [1.54, 1.807) is 0 Å². The van der Waals surface area contributed by atoms with Gasteiger partial charge in [-0.25, -0.2) is 0 Å². The third-order valence-electron chi connectivity index (χ3n) is 2.70. The molecule has 0 aliphatic heterocycles. The van der Waals surface area contributed by atoms with Crippen LogP contribution in [0.4, 0.5) is 0 Å². The fourth-order valence-corrected chi connectivity index (χ4v) is 1.73. The molecular formula is C15H26NO2+. The Morgan fingerprint density at radius 2 is 1.72 bits per heavy atom. The number of ether oxygens (including phenoxy) is 2. The van der Waals surface area contributed by atoms with Crippen LogP contribution < -0.4 is 14.8 Å². The number of hydrogen-bond donors (Lipinski definition) is 1. The number of unbranched alkanes of at least 4 members (excludes halogenated alkanes) is 1. The van der Waals surface area contributed by atoms with Gasteiger partial charge in [-0.2, -0.15) is 0 Å². The summed E-state index contributed by atoms with van der Waals surface area (Å²) in [7, 11) is 0. The highest BCUT2D eigenvalue weighted by atomic mass is 16.5. The summed E-state index contributed by atoms with van der Waals surface area (Å²) in [6, 6.07) is 7.84. The topological polar surface area (TPSA) is 35.1 Å². The van der Waals surface area contributed by atoms with Crippen molar-refractivity contribution in [1.29, 1.82) is 0 Å². The summed E-state index contributed by atoms with van der Waals surface area (Å²) in [4.78, 5) is 0. The lowest BCUT2D eigenvalue weighted by Gasteiger charge is -2.08. The Morgan fingerprint density at radius 3 is 2.44 bits per heavy atom. The van der Waals surface area contributed by atoms with Gasteiger partial charge in [0.15, 0.2) is 0 Å². The van der Waals surface area contributed by atoms with Crippen molar-refractivity contribution in [2.75, 3.05) is 26.3 Å². The number of quaternary nitrogens is 1. The van der Waals surface area contributed by atoms with Gasteiger partial charge in [0.1, 0.15) is 11.5 Å². The van der Waals surface area contributed by atoms with Crippen LogP contribution in [0.5, 0.6) is 11.5 Å². The first kappa shape index (κ1) is 14.8. The van der Waals surface area contributed by atoms with Gasteiger partial charge in [0.25, 0.3) is 0 Å². The molecule has 0 bridgehead atoms. The van der Waals surface area contributed by atoms with Gasteiger partial charge in [-0.05, 0) is 25.5 Å². The summed E-state index contributed by atoms with van der Waals surface area (Å²) in [6.07, 6.45) is 3.66. The Hall–Kier alpha value is -1.22. The van der Waals surface area contributed by atoms with Gasteiger partial charge >= 0.3 is 0 Å². The first-order chi connectivity index (χ1) is 8.86. The van der Waals surface area contributed by atoms with Gasteiger partial charge in [0, 0.05) is 12.5 Å². The molecule has 0 saturated carbocycles. The average Bonchev–Trinajstić information content (AvgIpc) is 2.39. The van der Waals surface area contributed by atoms with E-state index in [1.807, 2.05) is 31.2 Å². The van der Waals surface area contributed by atoms with E-state index in [-0.39, 0.29) is 0 Å². The zero-order chi connectivity index (χ0) is 13.1. The Balaban J connectivity index is 2.13. The van der Waals surface area contributed by atoms with Crippen LogP contribution in [0.1, 0.15) is 33.1 Å². The Kier molecular flexibility index (Phi) is 8.06. The molecule has 3 nitrogen and oxygen atoms in total. The van der Waals surface area contributed by atoms with E-state index in [0.717, 1.165) is 31.1 Å². The van der Waals surface area contributed by atoms with Crippen molar-refractivity contribution >= 4 is 0 Å². The largest absolute Gasteiger partial charge is 0.494 e. The Labute approximate surface area is 110 Å². The molecular weight excluding hydrogens is 226 g/mol. The molecule has 1 rings (SSSR count). The molecule has 0 atom stereocenters. The van der Waals surface area contributed by atoms with Crippen LogP contribution in [0.25, 0.3) is 0 Å². The molecule has 0 aromatic heterocycles. The smallest absolute Gasteiger partial charge is 0.122 e. The normalized spacial score (nSPS) is 10.3. The molecule has 0 aliphatic carbocycles. The minimum atomic E-state index is 0.690. The van der Waals surface area contributed by atoms with Crippen molar-refractivity contribution in [2.45, 2.75) is 33.1 Å². The standard InChI is InChI=1S/C15H25NO2/c1-3-5-10-16-11-7-12-18-15-9-6-8-14(13-15)17-4-2/h6,8-9,13,16H,3-5,7,10-12H2,1-2H3/p+1. The molecule has 0 fully saturated rings. The summed E-state index contributed by atoms with van der Waals surface area (Å²) in [6.45, 7) is 8.05. The van der Waals surface area contributed by atoms with Crippen molar-refractivity contribution in [3.05, 3.63) is 24.3 Å². The maximum Gasteiger partial charge on any atom is 0.122 e. The molecule has 1 aromatic rings. The van der Waals surface area contributed by atoms with E-state index < -0.39 is 0 Å². The van der Waals surface area contributed by atoms with Crippen LogP contribution >= 0.6 is 0 Å². The lowest BCUT2D eigenvalue weighted by molar-refractivity contribution is -0.655. The van der Waals surface area contributed by atoms with Gasteiger partial charge in [-0.3, -0.25) is 0 Å². The predicted molar refractivity (Wildman–Crippen MR) is 74.3 cm³/mol. The van der Waals surface area contributed by atoms with Gasteiger partial charge in [-0.1, -0.05) is 19.4 Å². The van der Waals surface area contributed by atoms with Gasteiger partial charge < -0.3 is 14.8 Å². The minimum Gasteiger partial charge on any atom is -0.494 e. The highest BCUT2D eigenvalue weighted by Gasteiger charge is 1.98. The fourth-order valence-electron chi connectivity index (χ4n) is 1.73. The highest BCUT2D eigenvalue weighted by Crippen LogP contribution is 2.19. The SMILES string of the molecule is CCCC[NH2+]CCCOc1cccc(OCC)c1. The number of hydrogen-bond acceptors (Lipinski definition) is 2. The van der Waals surface area contributed by atoms with Crippen LogP contribution in [0, 0.1) is 0 Å². The number of rotatable bonds is 10. The van der Waals surface area contributed by atoms with Crippen LogP contribution in [0.15, 0.2) is 24.3 Å². The van der Waals surface area contributed by atoms with Crippen LogP contribution in [0.3, 0.4) is 0 Å². The molecule has 102 valence electrons. The molecule has 0 unspecified atom stereocenters. The quantitative estimate of drug-likeness (QED) is 0.648. The fraction of sp³-hybridized carbons (Fsp3) is 0.600. The second-order valence-electron chi connectivity index (χ2n) is 4.33. The highest BCUT2D eigenvalue weighted by molar-refractivity contribution is 5.32. The second kappa shape index (κ2) is 9.77. The lowest BCUT2D eigenvalue weighted by Crippen LogP contribution is -2.84. The van der Waals surface area contributed by atoms with Crippen molar-refractivity contribution in [3.8, 4) is 11.5 Å².